The Labute approximate surface area is 211 Å². The highest BCUT2D eigenvalue weighted by atomic mass is 19.4. The molecule has 10 heteroatoms. The van der Waals surface area contributed by atoms with Crippen molar-refractivity contribution in [3.05, 3.63) is 63.5 Å². The van der Waals surface area contributed by atoms with Crippen molar-refractivity contribution in [3.8, 4) is 17.2 Å². The SMILES string of the molecule is CCCOC(=O)c1ccc(Oc2c(C(F)(F)F)oc3c(CN4CCCCC4C)c(O)ccc3c2=O)cc1. The third-order valence-electron chi connectivity index (χ3n) is 6.40. The van der Waals surface area contributed by atoms with Gasteiger partial charge in [-0.3, -0.25) is 9.69 Å². The van der Waals surface area contributed by atoms with Crippen LogP contribution < -0.4 is 10.2 Å². The molecule has 0 spiro atoms. The molecule has 1 unspecified atom stereocenters. The summed E-state index contributed by atoms with van der Waals surface area (Å²) in [4.78, 5) is 27.3. The van der Waals surface area contributed by atoms with E-state index in [0.717, 1.165) is 25.8 Å². The molecule has 4 rings (SSSR count). The van der Waals surface area contributed by atoms with Crippen molar-refractivity contribution < 1.29 is 37.0 Å². The van der Waals surface area contributed by atoms with Crippen molar-refractivity contribution in [2.45, 2.75) is 58.3 Å². The van der Waals surface area contributed by atoms with Gasteiger partial charge in [0.05, 0.1) is 23.1 Å². The van der Waals surface area contributed by atoms with Crippen LogP contribution in [0.5, 0.6) is 17.2 Å². The lowest BCUT2D eigenvalue weighted by Gasteiger charge is -2.33. The topological polar surface area (TPSA) is 89.2 Å². The third-order valence-corrected chi connectivity index (χ3v) is 6.40. The summed E-state index contributed by atoms with van der Waals surface area (Å²) in [5.41, 5.74) is -1.03. The molecule has 1 aliphatic rings. The van der Waals surface area contributed by atoms with Gasteiger partial charge in [-0.2, -0.15) is 13.2 Å². The van der Waals surface area contributed by atoms with Crippen molar-refractivity contribution in [2.75, 3.05) is 13.2 Å². The number of piperidine rings is 1. The van der Waals surface area contributed by atoms with E-state index in [1.165, 1.54) is 36.4 Å². The van der Waals surface area contributed by atoms with Crippen molar-refractivity contribution >= 4 is 16.9 Å². The average Bonchev–Trinajstić information content (AvgIpc) is 2.86. The normalized spacial score (nSPS) is 16.6. The number of phenols is 1. The Morgan fingerprint density at radius 2 is 1.89 bits per heavy atom. The van der Waals surface area contributed by atoms with E-state index in [2.05, 4.69) is 0 Å². The highest BCUT2D eigenvalue weighted by Crippen LogP contribution is 2.40. The van der Waals surface area contributed by atoms with Gasteiger partial charge >= 0.3 is 12.1 Å². The lowest BCUT2D eigenvalue weighted by Crippen LogP contribution is -2.36. The minimum atomic E-state index is -5.05. The maximum Gasteiger partial charge on any atom is 0.453 e. The lowest BCUT2D eigenvalue weighted by molar-refractivity contribution is -0.154. The standard InChI is InChI=1S/C27H28F3NO6/c1-3-14-35-26(34)17-7-9-18(10-8-17)36-24-22(33)19-11-12-21(32)20(15-31-13-5-4-6-16(31)2)23(19)37-25(24)27(28,29)30/h7-12,16,32H,3-6,13-15H2,1-2H3. The van der Waals surface area contributed by atoms with Gasteiger partial charge in [-0.1, -0.05) is 13.3 Å². The molecule has 0 saturated carbocycles. The Hall–Kier alpha value is -3.53. The van der Waals surface area contributed by atoms with E-state index in [9.17, 15) is 27.9 Å². The molecule has 37 heavy (non-hydrogen) atoms. The van der Waals surface area contributed by atoms with Crippen molar-refractivity contribution in [2.24, 2.45) is 0 Å². The van der Waals surface area contributed by atoms with Crippen LogP contribution in [0.1, 0.15) is 61.2 Å². The molecule has 1 aliphatic heterocycles. The van der Waals surface area contributed by atoms with Gasteiger partial charge in [0.15, 0.2) is 0 Å². The largest absolute Gasteiger partial charge is 0.507 e. The van der Waals surface area contributed by atoms with Crippen molar-refractivity contribution in [1.29, 1.82) is 0 Å². The molecular formula is C27H28F3NO6. The number of alkyl halides is 3. The number of hydrogen-bond acceptors (Lipinski definition) is 7. The molecule has 1 atom stereocenters. The Morgan fingerprint density at radius 1 is 1.16 bits per heavy atom. The van der Waals surface area contributed by atoms with Gasteiger partial charge in [0.1, 0.15) is 17.1 Å². The Kier molecular flexibility index (Phi) is 7.77. The number of hydrogen-bond donors (Lipinski definition) is 1. The molecule has 0 amide bonds. The van der Waals surface area contributed by atoms with Gasteiger partial charge < -0.3 is 19.0 Å². The molecule has 7 nitrogen and oxygen atoms in total. The molecular weight excluding hydrogens is 491 g/mol. The van der Waals surface area contributed by atoms with E-state index in [1.807, 2.05) is 18.7 Å². The van der Waals surface area contributed by atoms with Crippen LogP contribution in [0.3, 0.4) is 0 Å². The molecule has 1 fully saturated rings. The number of nitrogens with zero attached hydrogens (tertiary/aromatic N) is 1. The summed E-state index contributed by atoms with van der Waals surface area (Å²) in [6.45, 7) is 4.95. The summed E-state index contributed by atoms with van der Waals surface area (Å²) in [6.07, 6.45) is -1.50. The second-order valence-corrected chi connectivity index (χ2v) is 9.10. The monoisotopic (exact) mass is 519 g/mol. The Bertz CT molecular complexity index is 1330. The lowest BCUT2D eigenvalue weighted by atomic mass is 10.0. The third kappa shape index (κ3) is 5.74. The molecule has 0 bridgehead atoms. The van der Waals surface area contributed by atoms with Crippen LogP contribution in [-0.2, 0) is 17.5 Å². The summed E-state index contributed by atoms with van der Waals surface area (Å²) in [5, 5.41) is 10.4. The number of ether oxygens (including phenoxy) is 2. The first-order valence-corrected chi connectivity index (χ1v) is 12.2. The number of fused-ring (bicyclic) bond motifs is 1. The Balaban J connectivity index is 1.75. The first-order chi connectivity index (χ1) is 17.6. The summed E-state index contributed by atoms with van der Waals surface area (Å²) in [6, 6.07) is 7.87. The van der Waals surface area contributed by atoms with Crippen LogP contribution >= 0.6 is 0 Å². The van der Waals surface area contributed by atoms with Crippen molar-refractivity contribution in [3.63, 3.8) is 0 Å². The van der Waals surface area contributed by atoms with Crippen LogP contribution in [-0.4, -0.2) is 35.2 Å². The summed E-state index contributed by atoms with van der Waals surface area (Å²) in [7, 11) is 0. The van der Waals surface area contributed by atoms with Crippen LogP contribution in [0.25, 0.3) is 11.0 Å². The number of benzene rings is 2. The number of aromatic hydroxyl groups is 1. The second kappa shape index (κ2) is 10.8. The zero-order chi connectivity index (χ0) is 26.7. The van der Waals surface area contributed by atoms with Crippen LogP contribution in [0.4, 0.5) is 13.2 Å². The number of esters is 1. The van der Waals surface area contributed by atoms with E-state index in [1.54, 1.807) is 0 Å². The summed E-state index contributed by atoms with van der Waals surface area (Å²) < 4.78 is 57.9. The molecule has 3 aromatic rings. The number of rotatable bonds is 7. The maximum atomic E-state index is 14.1. The summed E-state index contributed by atoms with van der Waals surface area (Å²) >= 11 is 0. The van der Waals surface area contributed by atoms with Gasteiger partial charge in [0, 0.05) is 12.6 Å². The van der Waals surface area contributed by atoms with Gasteiger partial charge in [-0.05, 0) is 69.1 Å². The number of carbonyl (C=O) groups excluding carboxylic acids is 1. The number of phenolic OH excluding ortho intramolecular Hbond substituents is 1. The second-order valence-electron chi connectivity index (χ2n) is 9.10. The average molecular weight is 520 g/mol. The number of halogens is 3. The predicted molar refractivity (Wildman–Crippen MR) is 130 cm³/mol. The summed E-state index contributed by atoms with van der Waals surface area (Å²) in [5.74, 6) is -3.55. The quantitative estimate of drug-likeness (QED) is 0.369. The molecule has 0 aliphatic carbocycles. The molecule has 0 radical (unpaired) electrons. The fourth-order valence-electron chi connectivity index (χ4n) is 4.37. The fraction of sp³-hybridized carbons (Fsp3) is 0.407. The van der Waals surface area contributed by atoms with Crippen LogP contribution in [0.2, 0.25) is 0 Å². The van der Waals surface area contributed by atoms with E-state index >= 15 is 0 Å². The van der Waals surface area contributed by atoms with Crippen molar-refractivity contribution in [1.82, 2.24) is 4.90 Å². The first-order valence-electron chi connectivity index (χ1n) is 12.2. The first kappa shape index (κ1) is 26.5. The highest BCUT2D eigenvalue weighted by Gasteiger charge is 2.41. The smallest absolute Gasteiger partial charge is 0.453 e. The molecule has 1 saturated heterocycles. The zero-order valence-corrected chi connectivity index (χ0v) is 20.6. The minimum absolute atomic E-state index is 0.0923. The number of carbonyl (C=O) groups is 1. The fourth-order valence-corrected chi connectivity index (χ4v) is 4.37. The van der Waals surface area contributed by atoms with Gasteiger partial charge in [0.2, 0.25) is 11.2 Å². The van der Waals surface area contributed by atoms with Gasteiger partial charge in [0.25, 0.3) is 5.76 Å². The molecule has 198 valence electrons. The van der Waals surface area contributed by atoms with Crippen LogP contribution in [0.15, 0.2) is 45.6 Å². The van der Waals surface area contributed by atoms with E-state index in [-0.39, 0.29) is 52.8 Å². The van der Waals surface area contributed by atoms with Gasteiger partial charge in [-0.15, -0.1) is 0 Å². The predicted octanol–water partition coefficient (Wildman–Crippen LogP) is 6.25. The highest BCUT2D eigenvalue weighted by molar-refractivity contribution is 5.89. The van der Waals surface area contributed by atoms with Crippen LogP contribution in [0, 0.1) is 0 Å². The number of likely N-dealkylation sites (tertiary alicyclic amines) is 1. The van der Waals surface area contributed by atoms with Gasteiger partial charge in [-0.25, -0.2) is 4.79 Å². The van der Waals surface area contributed by atoms with E-state index < -0.39 is 29.1 Å². The molecule has 1 aromatic heterocycles. The Morgan fingerprint density at radius 3 is 2.54 bits per heavy atom. The molecule has 2 heterocycles. The molecule has 2 aromatic carbocycles. The maximum absolute atomic E-state index is 14.1. The molecule has 1 N–H and O–H groups in total. The minimum Gasteiger partial charge on any atom is -0.507 e. The van der Waals surface area contributed by atoms with E-state index in [4.69, 9.17) is 13.9 Å². The zero-order valence-electron chi connectivity index (χ0n) is 20.6. The van der Waals surface area contributed by atoms with E-state index in [0.29, 0.717) is 6.42 Å².